The summed E-state index contributed by atoms with van der Waals surface area (Å²) < 4.78 is 5.75. The van der Waals surface area contributed by atoms with Crippen LogP contribution in [0.5, 0.6) is 0 Å². The number of benzene rings is 1. The molecule has 0 spiro atoms. The van der Waals surface area contributed by atoms with E-state index in [9.17, 15) is 0 Å². The highest BCUT2D eigenvalue weighted by molar-refractivity contribution is 6.35. The third kappa shape index (κ3) is 3.14. The molecule has 0 aliphatic heterocycles. The summed E-state index contributed by atoms with van der Waals surface area (Å²) in [6.07, 6.45) is 2.46. The van der Waals surface area contributed by atoms with Gasteiger partial charge in [0.25, 0.3) is 0 Å². The minimum atomic E-state index is -0.174. The van der Waals surface area contributed by atoms with Crippen molar-refractivity contribution in [2.75, 3.05) is 6.61 Å². The lowest BCUT2D eigenvalue weighted by Gasteiger charge is -2.24. The van der Waals surface area contributed by atoms with Crippen LogP contribution in [-0.2, 0) is 4.74 Å². The lowest BCUT2D eigenvalue weighted by Crippen LogP contribution is -2.31. The Bertz CT molecular complexity index is 393. The van der Waals surface area contributed by atoms with E-state index in [0.29, 0.717) is 22.6 Å². The van der Waals surface area contributed by atoms with Gasteiger partial charge in [0.1, 0.15) is 0 Å². The van der Waals surface area contributed by atoms with E-state index in [1.165, 1.54) is 12.8 Å². The Kier molecular flexibility index (Phi) is 4.31. The van der Waals surface area contributed by atoms with E-state index < -0.39 is 0 Å². The molecule has 2 N–H and O–H groups in total. The molecule has 0 heterocycles. The molecule has 0 saturated heterocycles. The molecule has 1 aliphatic rings. The molecule has 2 rings (SSSR count). The van der Waals surface area contributed by atoms with Gasteiger partial charge in [0.15, 0.2) is 0 Å². The molecule has 1 fully saturated rings. The van der Waals surface area contributed by atoms with E-state index in [1.54, 1.807) is 6.07 Å². The molecule has 0 bridgehead atoms. The van der Waals surface area contributed by atoms with Crippen molar-refractivity contribution in [1.82, 2.24) is 0 Å². The predicted octanol–water partition coefficient (Wildman–Crippen LogP) is 3.81. The predicted molar refractivity (Wildman–Crippen MR) is 71.5 cm³/mol. The number of hydrogen-bond acceptors (Lipinski definition) is 2. The van der Waals surface area contributed by atoms with Crippen molar-refractivity contribution in [3.8, 4) is 0 Å². The second-order valence-corrected chi connectivity index (χ2v) is 5.29. The Morgan fingerprint density at radius 3 is 2.65 bits per heavy atom. The van der Waals surface area contributed by atoms with Crippen molar-refractivity contribution in [3.05, 3.63) is 33.8 Å². The Balaban J connectivity index is 2.18. The number of rotatable bonds is 5. The summed E-state index contributed by atoms with van der Waals surface area (Å²) in [5.74, 6) is 0.580. The van der Waals surface area contributed by atoms with E-state index >= 15 is 0 Å². The zero-order valence-electron chi connectivity index (χ0n) is 9.83. The summed E-state index contributed by atoms with van der Waals surface area (Å²) in [7, 11) is 0. The van der Waals surface area contributed by atoms with Gasteiger partial charge < -0.3 is 10.5 Å². The molecule has 0 radical (unpaired) electrons. The number of nitrogens with two attached hydrogens (primary N) is 1. The Hall–Kier alpha value is -0.280. The Morgan fingerprint density at radius 1 is 1.41 bits per heavy atom. The van der Waals surface area contributed by atoms with Crippen molar-refractivity contribution >= 4 is 23.2 Å². The molecule has 1 saturated carbocycles. The van der Waals surface area contributed by atoms with Crippen LogP contribution in [0.3, 0.4) is 0 Å². The van der Waals surface area contributed by atoms with Gasteiger partial charge in [-0.05, 0) is 43.4 Å². The fourth-order valence-corrected chi connectivity index (χ4v) is 2.63. The molecule has 1 aromatic rings. The number of ether oxygens (including phenoxy) is 1. The normalized spacial score (nSPS) is 19.1. The average Bonchev–Trinajstić information content (AvgIpc) is 3.09. The second kappa shape index (κ2) is 5.57. The van der Waals surface area contributed by atoms with E-state index in [2.05, 4.69) is 0 Å². The maximum absolute atomic E-state index is 6.26. The summed E-state index contributed by atoms with van der Waals surface area (Å²) in [4.78, 5) is 0. The molecule has 2 unspecified atom stereocenters. The van der Waals surface area contributed by atoms with Gasteiger partial charge in [-0.15, -0.1) is 0 Å². The van der Waals surface area contributed by atoms with Crippen molar-refractivity contribution in [2.24, 2.45) is 11.7 Å². The van der Waals surface area contributed by atoms with Gasteiger partial charge in [-0.3, -0.25) is 0 Å². The van der Waals surface area contributed by atoms with Crippen LogP contribution in [-0.4, -0.2) is 12.7 Å². The van der Waals surface area contributed by atoms with Crippen molar-refractivity contribution in [1.29, 1.82) is 0 Å². The fraction of sp³-hybridized carbons (Fsp3) is 0.538. The zero-order valence-corrected chi connectivity index (χ0v) is 11.3. The summed E-state index contributed by atoms with van der Waals surface area (Å²) in [5, 5.41) is 1.25. The van der Waals surface area contributed by atoms with Crippen molar-refractivity contribution < 1.29 is 4.74 Å². The third-order valence-corrected chi connectivity index (χ3v) is 3.68. The largest absolute Gasteiger partial charge is 0.376 e. The van der Waals surface area contributed by atoms with Crippen LogP contribution in [0.15, 0.2) is 18.2 Å². The standard InChI is InChI=1S/C13H17Cl2NO/c1-2-17-13(8-3-4-8)12(16)10-6-5-9(14)7-11(10)15/h5-8,12-13H,2-4,16H2,1H3. The summed E-state index contributed by atoms with van der Waals surface area (Å²) in [5.41, 5.74) is 7.18. The zero-order chi connectivity index (χ0) is 12.4. The lowest BCUT2D eigenvalue weighted by molar-refractivity contribution is 0.0283. The van der Waals surface area contributed by atoms with Gasteiger partial charge in [0.05, 0.1) is 12.1 Å². The van der Waals surface area contributed by atoms with Gasteiger partial charge in [0.2, 0.25) is 0 Å². The molecule has 4 heteroatoms. The molecule has 2 nitrogen and oxygen atoms in total. The molecule has 0 aromatic heterocycles. The fourth-order valence-electron chi connectivity index (χ4n) is 2.10. The second-order valence-electron chi connectivity index (χ2n) is 4.45. The summed E-state index contributed by atoms with van der Waals surface area (Å²) in [6.45, 7) is 2.67. The van der Waals surface area contributed by atoms with Crippen LogP contribution >= 0.6 is 23.2 Å². The first-order valence-electron chi connectivity index (χ1n) is 5.95. The topological polar surface area (TPSA) is 35.2 Å². The number of halogens is 2. The van der Waals surface area contributed by atoms with E-state index in [-0.39, 0.29) is 12.1 Å². The molecule has 2 atom stereocenters. The van der Waals surface area contributed by atoms with Crippen LogP contribution in [0.4, 0.5) is 0 Å². The minimum Gasteiger partial charge on any atom is -0.376 e. The van der Waals surface area contributed by atoms with Crippen molar-refractivity contribution in [2.45, 2.75) is 31.9 Å². The van der Waals surface area contributed by atoms with E-state index in [1.807, 2.05) is 19.1 Å². The van der Waals surface area contributed by atoms with Crippen LogP contribution in [0, 0.1) is 5.92 Å². The maximum Gasteiger partial charge on any atom is 0.0796 e. The quantitative estimate of drug-likeness (QED) is 0.886. The maximum atomic E-state index is 6.26. The first kappa shape index (κ1) is 13.2. The molecule has 94 valence electrons. The van der Waals surface area contributed by atoms with Crippen LogP contribution in [0.1, 0.15) is 31.4 Å². The van der Waals surface area contributed by atoms with E-state index in [0.717, 1.165) is 5.56 Å². The third-order valence-electron chi connectivity index (χ3n) is 3.12. The molecule has 17 heavy (non-hydrogen) atoms. The summed E-state index contributed by atoms with van der Waals surface area (Å²) >= 11 is 12.1. The first-order valence-corrected chi connectivity index (χ1v) is 6.71. The molecular formula is C13H17Cl2NO. The molecule has 1 aromatic carbocycles. The van der Waals surface area contributed by atoms with Crippen LogP contribution in [0.25, 0.3) is 0 Å². The summed E-state index contributed by atoms with van der Waals surface area (Å²) in [6, 6.07) is 5.27. The first-order chi connectivity index (χ1) is 8.13. The van der Waals surface area contributed by atoms with Gasteiger partial charge >= 0.3 is 0 Å². The Labute approximate surface area is 112 Å². The average molecular weight is 274 g/mol. The van der Waals surface area contributed by atoms with Crippen LogP contribution < -0.4 is 5.73 Å². The minimum absolute atomic E-state index is 0.0682. The highest BCUT2D eigenvalue weighted by Gasteiger charge is 2.36. The van der Waals surface area contributed by atoms with Gasteiger partial charge in [-0.2, -0.15) is 0 Å². The SMILES string of the molecule is CCOC(C1CC1)C(N)c1ccc(Cl)cc1Cl. The molecule has 1 aliphatic carbocycles. The van der Waals surface area contributed by atoms with Gasteiger partial charge in [-0.1, -0.05) is 29.3 Å². The molecule has 0 amide bonds. The highest BCUT2D eigenvalue weighted by Crippen LogP contribution is 2.40. The lowest BCUT2D eigenvalue weighted by atomic mass is 9.99. The van der Waals surface area contributed by atoms with Gasteiger partial charge in [-0.25, -0.2) is 0 Å². The van der Waals surface area contributed by atoms with Crippen molar-refractivity contribution in [3.63, 3.8) is 0 Å². The van der Waals surface area contributed by atoms with E-state index in [4.69, 9.17) is 33.7 Å². The monoisotopic (exact) mass is 273 g/mol. The van der Waals surface area contributed by atoms with Gasteiger partial charge in [0, 0.05) is 16.7 Å². The Morgan fingerprint density at radius 2 is 2.12 bits per heavy atom. The smallest absolute Gasteiger partial charge is 0.0796 e. The number of hydrogen-bond donors (Lipinski definition) is 1. The van der Waals surface area contributed by atoms with Crippen LogP contribution in [0.2, 0.25) is 10.0 Å². The molecular weight excluding hydrogens is 257 g/mol. The highest BCUT2D eigenvalue weighted by atomic mass is 35.5.